The van der Waals surface area contributed by atoms with Gasteiger partial charge in [0.2, 0.25) is 0 Å². The normalized spacial score (nSPS) is 11.6. The van der Waals surface area contributed by atoms with Gasteiger partial charge in [-0.15, -0.1) is 11.3 Å². The van der Waals surface area contributed by atoms with Crippen molar-refractivity contribution in [1.82, 2.24) is 0 Å². The van der Waals surface area contributed by atoms with Gasteiger partial charge in [-0.25, -0.2) is 12.8 Å². The molecule has 114 valence electrons. The monoisotopic (exact) mass is 328 g/mol. The SMILES string of the molecule is CCN(c1cccc(F)c1)S(=O)(=O)c1ccc(CCN)s1. The van der Waals surface area contributed by atoms with Crippen LogP contribution >= 0.6 is 11.3 Å². The maximum Gasteiger partial charge on any atom is 0.273 e. The van der Waals surface area contributed by atoms with E-state index in [2.05, 4.69) is 0 Å². The topological polar surface area (TPSA) is 63.4 Å². The fraction of sp³-hybridized carbons (Fsp3) is 0.286. The van der Waals surface area contributed by atoms with Crippen LogP contribution in [0, 0.1) is 5.82 Å². The molecule has 0 saturated carbocycles. The Bertz CT molecular complexity index is 713. The van der Waals surface area contributed by atoms with Gasteiger partial charge in [-0.05, 0) is 50.2 Å². The van der Waals surface area contributed by atoms with Gasteiger partial charge in [0.1, 0.15) is 10.0 Å². The molecule has 2 N–H and O–H groups in total. The molecule has 0 fully saturated rings. The maximum atomic E-state index is 13.3. The van der Waals surface area contributed by atoms with Crippen LogP contribution in [-0.2, 0) is 16.4 Å². The molecule has 0 aliphatic rings. The van der Waals surface area contributed by atoms with Crippen molar-refractivity contribution in [3.63, 3.8) is 0 Å². The summed E-state index contributed by atoms with van der Waals surface area (Å²) >= 11 is 1.20. The van der Waals surface area contributed by atoms with E-state index in [0.717, 1.165) is 4.88 Å². The van der Waals surface area contributed by atoms with Crippen LogP contribution in [0.1, 0.15) is 11.8 Å². The molecule has 0 spiro atoms. The summed E-state index contributed by atoms with van der Waals surface area (Å²) < 4.78 is 40.1. The van der Waals surface area contributed by atoms with E-state index >= 15 is 0 Å². The number of nitrogens with zero attached hydrogens (tertiary/aromatic N) is 1. The number of rotatable bonds is 6. The molecule has 1 aromatic heterocycles. The first-order valence-corrected chi connectivity index (χ1v) is 8.81. The second-order valence-corrected chi connectivity index (χ2v) is 7.67. The van der Waals surface area contributed by atoms with Crippen molar-refractivity contribution in [3.05, 3.63) is 47.1 Å². The van der Waals surface area contributed by atoms with Crippen LogP contribution in [0.5, 0.6) is 0 Å². The Morgan fingerprint density at radius 3 is 2.67 bits per heavy atom. The van der Waals surface area contributed by atoms with E-state index in [-0.39, 0.29) is 10.8 Å². The summed E-state index contributed by atoms with van der Waals surface area (Å²) in [6, 6.07) is 8.93. The van der Waals surface area contributed by atoms with Gasteiger partial charge >= 0.3 is 0 Å². The van der Waals surface area contributed by atoms with Crippen LogP contribution in [0.3, 0.4) is 0 Å². The van der Waals surface area contributed by atoms with Crippen molar-refractivity contribution in [2.45, 2.75) is 17.6 Å². The van der Waals surface area contributed by atoms with Gasteiger partial charge in [0.15, 0.2) is 0 Å². The highest BCUT2D eigenvalue weighted by atomic mass is 32.2. The van der Waals surface area contributed by atoms with Gasteiger partial charge in [0.25, 0.3) is 10.0 Å². The number of sulfonamides is 1. The molecule has 1 heterocycles. The van der Waals surface area contributed by atoms with Crippen LogP contribution < -0.4 is 10.0 Å². The summed E-state index contributed by atoms with van der Waals surface area (Å²) in [6.45, 7) is 2.42. The molecular formula is C14H17FN2O2S2. The van der Waals surface area contributed by atoms with E-state index in [1.165, 1.54) is 33.8 Å². The van der Waals surface area contributed by atoms with Crippen molar-refractivity contribution >= 4 is 27.0 Å². The standard InChI is InChI=1S/C14H17FN2O2S2/c1-2-17(12-5-3-4-11(15)10-12)21(18,19)14-7-6-13(20-14)8-9-16/h3-7,10H,2,8-9,16H2,1H3. The van der Waals surface area contributed by atoms with Crippen molar-refractivity contribution < 1.29 is 12.8 Å². The number of hydrogen-bond donors (Lipinski definition) is 1. The van der Waals surface area contributed by atoms with Gasteiger partial charge in [0, 0.05) is 11.4 Å². The highest BCUT2D eigenvalue weighted by molar-refractivity contribution is 7.94. The van der Waals surface area contributed by atoms with E-state index in [4.69, 9.17) is 5.73 Å². The summed E-state index contributed by atoms with van der Waals surface area (Å²) in [5.41, 5.74) is 5.80. The van der Waals surface area contributed by atoms with Crippen LogP contribution in [0.15, 0.2) is 40.6 Å². The highest BCUT2D eigenvalue weighted by Crippen LogP contribution is 2.29. The lowest BCUT2D eigenvalue weighted by atomic mass is 10.3. The molecule has 0 atom stereocenters. The predicted octanol–water partition coefficient (Wildman–Crippen LogP) is 2.60. The van der Waals surface area contributed by atoms with Gasteiger partial charge in [-0.1, -0.05) is 6.07 Å². The van der Waals surface area contributed by atoms with Crippen molar-refractivity contribution in [2.75, 3.05) is 17.4 Å². The molecular weight excluding hydrogens is 311 g/mol. The number of thiophene rings is 1. The summed E-state index contributed by atoms with van der Waals surface area (Å²) in [5.74, 6) is -0.462. The molecule has 0 bridgehead atoms. The average molecular weight is 328 g/mol. The molecule has 7 heteroatoms. The molecule has 0 amide bonds. The van der Waals surface area contributed by atoms with Crippen LogP contribution in [0.2, 0.25) is 0 Å². The molecule has 2 aromatic rings. The third kappa shape index (κ3) is 3.42. The van der Waals surface area contributed by atoms with E-state index in [9.17, 15) is 12.8 Å². The molecule has 0 aliphatic carbocycles. The zero-order valence-electron chi connectivity index (χ0n) is 11.6. The average Bonchev–Trinajstić information content (AvgIpc) is 2.89. The fourth-order valence-corrected chi connectivity index (χ4v) is 4.96. The molecule has 0 aliphatic heterocycles. The molecule has 21 heavy (non-hydrogen) atoms. The van der Waals surface area contributed by atoms with Crippen LogP contribution in [-0.4, -0.2) is 21.5 Å². The minimum atomic E-state index is -3.67. The quantitative estimate of drug-likeness (QED) is 0.886. The van der Waals surface area contributed by atoms with E-state index in [1.54, 1.807) is 25.1 Å². The molecule has 0 unspecified atom stereocenters. The zero-order chi connectivity index (χ0) is 15.5. The summed E-state index contributed by atoms with van der Waals surface area (Å²) in [7, 11) is -3.67. The highest BCUT2D eigenvalue weighted by Gasteiger charge is 2.25. The number of hydrogen-bond acceptors (Lipinski definition) is 4. The lowest BCUT2D eigenvalue weighted by Crippen LogP contribution is -2.30. The fourth-order valence-electron chi connectivity index (χ4n) is 2.00. The van der Waals surface area contributed by atoms with Crippen molar-refractivity contribution in [3.8, 4) is 0 Å². The number of benzene rings is 1. The van der Waals surface area contributed by atoms with Gasteiger partial charge in [0.05, 0.1) is 5.69 Å². The smallest absolute Gasteiger partial charge is 0.273 e. The number of nitrogens with two attached hydrogens (primary N) is 1. The molecule has 0 radical (unpaired) electrons. The maximum absolute atomic E-state index is 13.3. The first-order valence-electron chi connectivity index (χ1n) is 6.56. The summed E-state index contributed by atoms with van der Waals surface area (Å²) in [5, 5.41) is 0. The zero-order valence-corrected chi connectivity index (χ0v) is 13.3. The van der Waals surface area contributed by atoms with E-state index in [0.29, 0.717) is 18.7 Å². The molecule has 4 nitrogen and oxygen atoms in total. The Kier molecular flexibility index (Phi) is 4.97. The Hall–Kier alpha value is -1.44. The molecule has 0 saturated heterocycles. The largest absolute Gasteiger partial charge is 0.330 e. The first kappa shape index (κ1) is 15.9. The third-order valence-electron chi connectivity index (χ3n) is 2.96. The Labute approximate surface area is 128 Å². The lowest BCUT2D eigenvalue weighted by molar-refractivity contribution is 0.593. The van der Waals surface area contributed by atoms with Crippen molar-refractivity contribution in [1.29, 1.82) is 0 Å². The Morgan fingerprint density at radius 1 is 1.29 bits per heavy atom. The van der Waals surface area contributed by atoms with Crippen LogP contribution in [0.4, 0.5) is 10.1 Å². The molecule has 1 aromatic carbocycles. The predicted molar refractivity (Wildman–Crippen MR) is 83.7 cm³/mol. The summed E-state index contributed by atoms with van der Waals surface area (Å²) in [4.78, 5) is 0.923. The minimum absolute atomic E-state index is 0.232. The molecule has 2 rings (SSSR count). The Morgan fingerprint density at radius 2 is 2.05 bits per heavy atom. The Balaban J connectivity index is 2.39. The summed E-state index contributed by atoms with van der Waals surface area (Å²) in [6.07, 6.45) is 0.645. The lowest BCUT2D eigenvalue weighted by Gasteiger charge is -2.22. The number of anilines is 1. The number of halogens is 1. The third-order valence-corrected chi connectivity index (χ3v) is 6.47. The second kappa shape index (κ2) is 6.55. The first-order chi connectivity index (χ1) is 9.98. The van der Waals surface area contributed by atoms with E-state index < -0.39 is 15.8 Å². The van der Waals surface area contributed by atoms with Gasteiger partial charge in [-0.2, -0.15) is 0 Å². The van der Waals surface area contributed by atoms with E-state index in [1.807, 2.05) is 0 Å². The van der Waals surface area contributed by atoms with Crippen molar-refractivity contribution in [2.24, 2.45) is 5.73 Å². The van der Waals surface area contributed by atoms with Gasteiger partial charge in [-0.3, -0.25) is 4.31 Å². The minimum Gasteiger partial charge on any atom is -0.330 e. The van der Waals surface area contributed by atoms with Crippen LogP contribution in [0.25, 0.3) is 0 Å². The van der Waals surface area contributed by atoms with Gasteiger partial charge < -0.3 is 5.73 Å². The second-order valence-electron chi connectivity index (χ2n) is 4.41.